The third-order valence-electron chi connectivity index (χ3n) is 3.69. The van der Waals surface area contributed by atoms with Gasteiger partial charge in [-0.1, -0.05) is 6.92 Å². The van der Waals surface area contributed by atoms with Crippen molar-refractivity contribution in [3.63, 3.8) is 0 Å². The lowest BCUT2D eigenvalue weighted by Gasteiger charge is -2.33. The maximum Gasteiger partial charge on any atom is 0.193 e. The average molecular weight is 438 g/mol. The largest absolute Gasteiger partial charge is 0.378 e. The molecule has 0 aromatic carbocycles. The topological polar surface area (TPSA) is 49.8 Å². The number of rotatable bonds is 5. The van der Waals surface area contributed by atoms with E-state index in [1.54, 1.807) is 11.3 Å². The van der Waals surface area contributed by atoms with E-state index in [4.69, 9.17) is 4.74 Å². The van der Waals surface area contributed by atoms with Crippen molar-refractivity contribution in [1.82, 2.24) is 15.2 Å². The fourth-order valence-electron chi connectivity index (χ4n) is 2.56. The Morgan fingerprint density at radius 2 is 2.18 bits per heavy atom. The quantitative estimate of drug-likeness (QED) is 0.437. The number of likely N-dealkylation sites (tertiary alicyclic amines) is 1. The van der Waals surface area contributed by atoms with Crippen molar-refractivity contribution in [2.45, 2.75) is 45.8 Å². The summed E-state index contributed by atoms with van der Waals surface area (Å²) in [6.45, 7) is 7.75. The number of aromatic nitrogens is 1. The van der Waals surface area contributed by atoms with Gasteiger partial charge < -0.3 is 15.0 Å². The number of aliphatic imine (C=N–C) groups is 1. The number of ether oxygens (including phenoxy) is 1. The van der Waals surface area contributed by atoms with Crippen molar-refractivity contribution in [2.75, 3.05) is 26.7 Å². The summed E-state index contributed by atoms with van der Waals surface area (Å²) in [6.07, 6.45) is 3.57. The third-order valence-corrected chi connectivity index (χ3v) is 4.73. The number of hydrogen-bond donors (Lipinski definition) is 1. The normalized spacial score (nSPS) is 16.5. The van der Waals surface area contributed by atoms with Gasteiger partial charge in [0.1, 0.15) is 0 Å². The van der Waals surface area contributed by atoms with Gasteiger partial charge in [-0.05, 0) is 26.2 Å². The fourth-order valence-corrected chi connectivity index (χ4v) is 3.31. The zero-order valence-electron chi connectivity index (χ0n) is 13.7. The lowest BCUT2D eigenvalue weighted by molar-refractivity contribution is 0.0263. The van der Waals surface area contributed by atoms with E-state index in [0.29, 0.717) is 6.10 Å². The zero-order chi connectivity index (χ0) is 15.1. The van der Waals surface area contributed by atoms with Gasteiger partial charge in [-0.2, -0.15) is 0 Å². The second kappa shape index (κ2) is 10.4. The lowest BCUT2D eigenvalue weighted by atomic mass is 10.1. The molecule has 1 aromatic rings. The molecule has 0 radical (unpaired) electrons. The smallest absolute Gasteiger partial charge is 0.193 e. The van der Waals surface area contributed by atoms with Crippen LogP contribution in [0.1, 0.15) is 37.4 Å². The molecule has 0 bridgehead atoms. The van der Waals surface area contributed by atoms with E-state index < -0.39 is 0 Å². The van der Waals surface area contributed by atoms with Crippen molar-refractivity contribution < 1.29 is 4.74 Å². The van der Waals surface area contributed by atoms with E-state index in [-0.39, 0.29) is 24.0 Å². The standard InChI is InChI=1S/C15H26N4OS.HI/c1-4-14-18-12(11-21-14)10-17-15(16-3)19-8-6-13(7-9-19)20-5-2;/h11,13H,4-10H2,1-3H3,(H,16,17);1H. The number of halogens is 1. The molecule has 0 amide bonds. The van der Waals surface area contributed by atoms with Gasteiger partial charge in [0.05, 0.1) is 23.4 Å². The summed E-state index contributed by atoms with van der Waals surface area (Å²) < 4.78 is 5.69. The van der Waals surface area contributed by atoms with Crippen molar-refractivity contribution in [3.05, 3.63) is 16.1 Å². The van der Waals surface area contributed by atoms with E-state index in [1.807, 2.05) is 7.05 Å². The Kier molecular flexibility index (Phi) is 9.27. The van der Waals surface area contributed by atoms with Crippen LogP contribution in [0.5, 0.6) is 0 Å². The first-order valence-electron chi connectivity index (χ1n) is 7.77. The van der Waals surface area contributed by atoms with Crippen LogP contribution in [-0.2, 0) is 17.7 Å². The predicted molar refractivity (Wildman–Crippen MR) is 103 cm³/mol. The molecule has 7 heteroatoms. The highest BCUT2D eigenvalue weighted by molar-refractivity contribution is 14.0. The van der Waals surface area contributed by atoms with Crippen LogP contribution >= 0.6 is 35.3 Å². The molecule has 0 saturated carbocycles. The number of nitrogens with zero attached hydrogens (tertiary/aromatic N) is 3. The average Bonchev–Trinajstić information content (AvgIpc) is 2.98. The Morgan fingerprint density at radius 3 is 2.73 bits per heavy atom. The van der Waals surface area contributed by atoms with Gasteiger partial charge in [0.2, 0.25) is 0 Å². The summed E-state index contributed by atoms with van der Waals surface area (Å²) in [7, 11) is 1.84. The number of guanidine groups is 1. The summed E-state index contributed by atoms with van der Waals surface area (Å²) in [5.41, 5.74) is 1.10. The minimum atomic E-state index is 0. The molecule has 1 fully saturated rings. The molecule has 0 unspecified atom stereocenters. The molecule has 0 spiro atoms. The summed E-state index contributed by atoms with van der Waals surface area (Å²) in [5, 5.41) is 6.74. The van der Waals surface area contributed by atoms with Gasteiger partial charge in [-0.3, -0.25) is 4.99 Å². The van der Waals surface area contributed by atoms with Crippen LogP contribution in [-0.4, -0.2) is 48.7 Å². The van der Waals surface area contributed by atoms with E-state index in [1.165, 1.54) is 5.01 Å². The summed E-state index contributed by atoms with van der Waals surface area (Å²) >= 11 is 1.73. The monoisotopic (exact) mass is 438 g/mol. The highest BCUT2D eigenvalue weighted by Crippen LogP contribution is 2.14. The van der Waals surface area contributed by atoms with Gasteiger partial charge in [0.25, 0.3) is 0 Å². The summed E-state index contributed by atoms with van der Waals surface area (Å²) in [4.78, 5) is 11.3. The first-order chi connectivity index (χ1) is 10.3. The Morgan fingerprint density at radius 1 is 1.45 bits per heavy atom. The highest BCUT2D eigenvalue weighted by Gasteiger charge is 2.21. The van der Waals surface area contributed by atoms with Crippen LogP contribution in [0.25, 0.3) is 0 Å². The van der Waals surface area contributed by atoms with Crippen LogP contribution in [0, 0.1) is 0 Å². The van der Waals surface area contributed by atoms with Crippen LogP contribution in [0.4, 0.5) is 0 Å². The van der Waals surface area contributed by atoms with Crippen molar-refractivity contribution in [1.29, 1.82) is 0 Å². The molecular formula is C15H27IN4OS. The molecule has 1 N–H and O–H groups in total. The summed E-state index contributed by atoms with van der Waals surface area (Å²) in [6, 6.07) is 0. The van der Waals surface area contributed by atoms with Crippen molar-refractivity contribution >= 4 is 41.3 Å². The van der Waals surface area contributed by atoms with Crippen LogP contribution < -0.4 is 5.32 Å². The summed E-state index contributed by atoms with van der Waals surface area (Å²) in [5.74, 6) is 0.969. The Hall–Kier alpha value is -0.410. The van der Waals surface area contributed by atoms with Gasteiger partial charge in [-0.25, -0.2) is 4.98 Å². The van der Waals surface area contributed by atoms with E-state index in [2.05, 4.69) is 39.4 Å². The van der Waals surface area contributed by atoms with E-state index in [9.17, 15) is 0 Å². The minimum Gasteiger partial charge on any atom is -0.378 e. The molecule has 126 valence electrons. The Bertz CT molecular complexity index is 458. The number of aryl methyl sites for hydroxylation is 1. The Balaban J connectivity index is 0.00000242. The third kappa shape index (κ3) is 5.66. The molecule has 1 aliphatic heterocycles. The second-order valence-electron chi connectivity index (χ2n) is 5.13. The first kappa shape index (κ1) is 19.6. The van der Waals surface area contributed by atoms with E-state index >= 15 is 0 Å². The molecule has 22 heavy (non-hydrogen) atoms. The number of thiazole rings is 1. The fraction of sp³-hybridized carbons (Fsp3) is 0.733. The highest BCUT2D eigenvalue weighted by atomic mass is 127. The zero-order valence-corrected chi connectivity index (χ0v) is 16.8. The molecule has 5 nitrogen and oxygen atoms in total. The van der Waals surface area contributed by atoms with E-state index in [0.717, 1.165) is 57.2 Å². The molecule has 0 aliphatic carbocycles. The minimum absolute atomic E-state index is 0. The molecule has 1 saturated heterocycles. The van der Waals surface area contributed by atoms with Gasteiger partial charge in [-0.15, -0.1) is 35.3 Å². The second-order valence-corrected chi connectivity index (χ2v) is 6.07. The van der Waals surface area contributed by atoms with Gasteiger partial charge in [0.15, 0.2) is 5.96 Å². The SMILES string of the molecule is CCOC1CCN(C(=NC)NCc2csc(CC)n2)CC1.I. The number of piperidine rings is 1. The lowest BCUT2D eigenvalue weighted by Crippen LogP contribution is -2.46. The number of hydrogen-bond acceptors (Lipinski definition) is 4. The molecule has 1 aliphatic rings. The predicted octanol–water partition coefficient (Wildman–Crippen LogP) is 2.90. The van der Waals surface area contributed by atoms with Crippen LogP contribution in [0.2, 0.25) is 0 Å². The van der Waals surface area contributed by atoms with Gasteiger partial charge >= 0.3 is 0 Å². The molecule has 2 heterocycles. The van der Waals surface area contributed by atoms with Crippen molar-refractivity contribution in [2.24, 2.45) is 4.99 Å². The van der Waals surface area contributed by atoms with Crippen LogP contribution in [0.3, 0.4) is 0 Å². The molecule has 2 rings (SSSR count). The van der Waals surface area contributed by atoms with Gasteiger partial charge in [0, 0.05) is 32.1 Å². The Labute approximate surface area is 154 Å². The number of nitrogens with one attached hydrogen (secondary N) is 1. The van der Waals surface area contributed by atoms with Crippen LogP contribution in [0.15, 0.2) is 10.4 Å². The molecule has 1 aromatic heterocycles. The van der Waals surface area contributed by atoms with Crippen molar-refractivity contribution in [3.8, 4) is 0 Å². The maximum atomic E-state index is 5.69. The molecule has 0 atom stereocenters. The maximum absolute atomic E-state index is 5.69. The molecular weight excluding hydrogens is 411 g/mol. The first-order valence-corrected chi connectivity index (χ1v) is 8.65.